The third-order valence-electron chi connectivity index (χ3n) is 4.96. The van der Waals surface area contributed by atoms with Crippen LogP contribution < -0.4 is 10.1 Å². The van der Waals surface area contributed by atoms with Crippen molar-refractivity contribution >= 4 is 12.0 Å². The lowest BCUT2D eigenvalue weighted by molar-refractivity contribution is -0.116. The number of hydrogen-bond acceptors (Lipinski definition) is 3. The van der Waals surface area contributed by atoms with Gasteiger partial charge in [0.25, 0.3) is 0 Å². The lowest BCUT2D eigenvalue weighted by atomic mass is 10.1. The van der Waals surface area contributed by atoms with Crippen LogP contribution in [0.2, 0.25) is 0 Å². The van der Waals surface area contributed by atoms with Gasteiger partial charge in [0.15, 0.2) is 0 Å². The van der Waals surface area contributed by atoms with Crippen LogP contribution in [0.3, 0.4) is 0 Å². The minimum Gasteiger partial charge on any atom is -0.496 e. The lowest BCUT2D eigenvalue weighted by Gasteiger charge is -2.17. The number of hydrogen-bond donors (Lipinski definition) is 1. The van der Waals surface area contributed by atoms with Gasteiger partial charge in [0.1, 0.15) is 5.75 Å². The first-order chi connectivity index (χ1) is 13.2. The Labute approximate surface area is 161 Å². The van der Waals surface area contributed by atoms with Crippen molar-refractivity contribution in [2.45, 2.75) is 32.9 Å². The van der Waals surface area contributed by atoms with Crippen LogP contribution in [-0.4, -0.2) is 31.0 Å². The van der Waals surface area contributed by atoms with Gasteiger partial charge in [0, 0.05) is 24.7 Å². The van der Waals surface area contributed by atoms with Gasteiger partial charge in [-0.2, -0.15) is 0 Å². The zero-order valence-corrected chi connectivity index (χ0v) is 16.2. The standard InChI is InChI=1S/C23H28N2O2/c1-18-9-11-22(27-2)19(15-18)10-12-23(26)24-16-20-7-3-4-8-21(20)17-25-13-5-6-14-25/h3-4,7-12,15H,5-6,13-14,16-17H2,1-2H3,(H,24,26)/b12-10+. The maximum absolute atomic E-state index is 12.3. The molecule has 1 N–H and O–H groups in total. The van der Waals surface area contributed by atoms with Crippen LogP contribution >= 0.6 is 0 Å². The summed E-state index contributed by atoms with van der Waals surface area (Å²) in [6.45, 7) is 5.86. The smallest absolute Gasteiger partial charge is 0.244 e. The van der Waals surface area contributed by atoms with Crippen molar-refractivity contribution < 1.29 is 9.53 Å². The largest absolute Gasteiger partial charge is 0.496 e. The summed E-state index contributed by atoms with van der Waals surface area (Å²) in [4.78, 5) is 14.8. The minimum atomic E-state index is -0.102. The number of methoxy groups -OCH3 is 1. The molecule has 1 heterocycles. The van der Waals surface area contributed by atoms with Crippen molar-refractivity contribution in [1.29, 1.82) is 0 Å². The molecule has 4 nitrogen and oxygen atoms in total. The van der Waals surface area contributed by atoms with Gasteiger partial charge in [-0.05, 0) is 62.2 Å². The molecule has 0 spiro atoms. The van der Waals surface area contributed by atoms with Gasteiger partial charge < -0.3 is 10.1 Å². The topological polar surface area (TPSA) is 41.6 Å². The van der Waals surface area contributed by atoms with Crippen LogP contribution in [0.15, 0.2) is 48.5 Å². The molecule has 0 atom stereocenters. The van der Waals surface area contributed by atoms with Gasteiger partial charge in [0.05, 0.1) is 7.11 Å². The summed E-state index contributed by atoms with van der Waals surface area (Å²) < 4.78 is 5.35. The summed E-state index contributed by atoms with van der Waals surface area (Å²) in [7, 11) is 1.64. The molecular formula is C23H28N2O2. The number of nitrogens with zero attached hydrogens (tertiary/aromatic N) is 1. The number of aryl methyl sites for hydroxylation is 1. The van der Waals surface area contributed by atoms with Crippen molar-refractivity contribution in [3.8, 4) is 5.75 Å². The van der Waals surface area contributed by atoms with E-state index in [4.69, 9.17) is 4.74 Å². The Balaban J connectivity index is 1.60. The SMILES string of the molecule is COc1ccc(C)cc1/C=C/C(=O)NCc1ccccc1CN1CCCC1. The average molecular weight is 364 g/mol. The number of amides is 1. The molecule has 4 heteroatoms. The highest BCUT2D eigenvalue weighted by Gasteiger charge is 2.13. The van der Waals surface area contributed by atoms with Gasteiger partial charge in [-0.25, -0.2) is 0 Å². The first-order valence-corrected chi connectivity index (χ1v) is 9.55. The Bertz CT molecular complexity index is 808. The summed E-state index contributed by atoms with van der Waals surface area (Å²) in [6, 6.07) is 14.3. The maximum Gasteiger partial charge on any atom is 0.244 e. The summed E-state index contributed by atoms with van der Waals surface area (Å²) >= 11 is 0. The number of carbonyl (C=O) groups excluding carboxylic acids is 1. The van der Waals surface area contributed by atoms with Crippen LogP contribution in [-0.2, 0) is 17.9 Å². The fraction of sp³-hybridized carbons (Fsp3) is 0.348. The van der Waals surface area contributed by atoms with Crippen LogP contribution in [0.4, 0.5) is 0 Å². The van der Waals surface area contributed by atoms with E-state index in [-0.39, 0.29) is 5.91 Å². The number of benzene rings is 2. The van der Waals surface area contributed by atoms with E-state index in [1.54, 1.807) is 19.3 Å². The third kappa shape index (κ3) is 5.44. The quantitative estimate of drug-likeness (QED) is 0.757. The highest BCUT2D eigenvalue weighted by atomic mass is 16.5. The van der Waals surface area contributed by atoms with E-state index in [9.17, 15) is 4.79 Å². The Kier molecular flexibility index (Phi) is 6.66. The molecule has 1 fully saturated rings. The molecule has 1 aliphatic heterocycles. The minimum absolute atomic E-state index is 0.102. The van der Waals surface area contributed by atoms with E-state index in [0.717, 1.165) is 23.4 Å². The van der Waals surface area contributed by atoms with Crippen molar-refractivity contribution in [2.24, 2.45) is 0 Å². The Morgan fingerprint density at radius 3 is 2.63 bits per heavy atom. The van der Waals surface area contributed by atoms with Crippen LogP contribution in [0, 0.1) is 6.92 Å². The van der Waals surface area contributed by atoms with E-state index in [1.807, 2.05) is 31.2 Å². The molecule has 0 aromatic heterocycles. The number of ether oxygens (including phenoxy) is 1. The third-order valence-corrected chi connectivity index (χ3v) is 4.96. The number of nitrogens with one attached hydrogen (secondary N) is 1. The van der Waals surface area contributed by atoms with E-state index in [2.05, 4.69) is 28.4 Å². The number of carbonyl (C=O) groups is 1. The Hall–Kier alpha value is -2.59. The Morgan fingerprint density at radius 2 is 1.89 bits per heavy atom. The monoisotopic (exact) mass is 364 g/mol. The van der Waals surface area contributed by atoms with Crippen LogP contribution in [0.5, 0.6) is 5.75 Å². The van der Waals surface area contributed by atoms with E-state index in [1.165, 1.54) is 37.1 Å². The van der Waals surface area contributed by atoms with Gasteiger partial charge in [0.2, 0.25) is 5.91 Å². The summed E-state index contributed by atoms with van der Waals surface area (Å²) in [5.41, 5.74) is 4.51. The number of likely N-dealkylation sites (tertiary alicyclic amines) is 1. The predicted molar refractivity (Wildman–Crippen MR) is 110 cm³/mol. The summed E-state index contributed by atoms with van der Waals surface area (Å²) in [5, 5.41) is 3.00. The second-order valence-electron chi connectivity index (χ2n) is 7.05. The zero-order chi connectivity index (χ0) is 19.1. The lowest BCUT2D eigenvalue weighted by Crippen LogP contribution is -2.23. The van der Waals surface area contributed by atoms with Crippen molar-refractivity contribution in [2.75, 3.05) is 20.2 Å². The first-order valence-electron chi connectivity index (χ1n) is 9.55. The summed E-state index contributed by atoms with van der Waals surface area (Å²) in [6.07, 6.45) is 5.94. The molecule has 0 unspecified atom stereocenters. The molecule has 1 aliphatic rings. The van der Waals surface area contributed by atoms with Crippen molar-refractivity contribution in [3.63, 3.8) is 0 Å². The number of rotatable bonds is 7. The Morgan fingerprint density at radius 1 is 1.15 bits per heavy atom. The molecule has 0 bridgehead atoms. The van der Waals surface area contributed by atoms with Gasteiger partial charge in [-0.3, -0.25) is 9.69 Å². The second-order valence-corrected chi connectivity index (χ2v) is 7.05. The molecule has 2 aromatic rings. The van der Waals surface area contributed by atoms with Crippen LogP contribution in [0.1, 0.15) is 35.1 Å². The highest BCUT2D eigenvalue weighted by molar-refractivity contribution is 5.92. The van der Waals surface area contributed by atoms with E-state index < -0.39 is 0 Å². The molecule has 2 aromatic carbocycles. The molecule has 142 valence electrons. The van der Waals surface area contributed by atoms with Crippen LogP contribution in [0.25, 0.3) is 6.08 Å². The fourth-order valence-electron chi connectivity index (χ4n) is 3.46. The molecule has 1 amide bonds. The molecule has 1 saturated heterocycles. The van der Waals surface area contributed by atoms with E-state index in [0.29, 0.717) is 6.54 Å². The summed E-state index contributed by atoms with van der Waals surface area (Å²) in [5.74, 6) is 0.662. The predicted octanol–water partition coefficient (Wildman–Crippen LogP) is 3.93. The van der Waals surface area contributed by atoms with Gasteiger partial charge >= 0.3 is 0 Å². The fourth-order valence-corrected chi connectivity index (χ4v) is 3.46. The molecular weight excluding hydrogens is 336 g/mol. The molecule has 0 saturated carbocycles. The van der Waals surface area contributed by atoms with Crippen molar-refractivity contribution in [3.05, 3.63) is 70.8 Å². The van der Waals surface area contributed by atoms with Gasteiger partial charge in [-0.15, -0.1) is 0 Å². The normalized spacial score (nSPS) is 14.6. The first kappa shape index (κ1) is 19.2. The molecule has 0 radical (unpaired) electrons. The molecule has 0 aliphatic carbocycles. The molecule has 3 rings (SSSR count). The maximum atomic E-state index is 12.3. The van der Waals surface area contributed by atoms with Gasteiger partial charge in [-0.1, -0.05) is 35.9 Å². The second kappa shape index (κ2) is 9.38. The zero-order valence-electron chi connectivity index (χ0n) is 16.2. The highest BCUT2D eigenvalue weighted by Crippen LogP contribution is 2.21. The average Bonchev–Trinajstić information content (AvgIpc) is 3.19. The van der Waals surface area contributed by atoms with Crippen molar-refractivity contribution in [1.82, 2.24) is 10.2 Å². The molecule has 27 heavy (non-hydrogen) atoms. The van der Waals surface area contributed by atoms with E-state index >= 15 is 0 Å².